The van der Waals surface area contributed by atoms with Crippen molar-refractivity contribution in [3.8, 4) is 0 Å². The molecule has 1 aliphatic heterocycles. The van der Waals surface area contributed by atoms with Crippen molar-refractivity contribution in [3.05, 3.63) is 33.8 Å². The average molecular weight is 402 g/mol. The number of guanidine groups is 1. The van der Waals surface area contributed by atoms with Crippen molar-refractivity contribution >= 4 is 29.2 Å². The molecule has 0 aliphatic carbocycles. The minimum absolute atomic E-state index is 0.0238. The smallest absolute Gasteiger partial charge is 0.191 e. The van der Waals surface area contributed by atoms with Gasteiger partial charge in [0.15, 0.2) is 5.96 Å². The number of ether oxygens (including phenoxy) is 2. The summed E-state index contributed by atoms with van der Waals surface area (Å²) in [5.41, 5.74) is 0.985. The number of rotatable bonds is 8. The fraction of sp³-hybridized carbons (Fsp3) is 0.632. The Hall–Kier alpha value is -1.01. The highest BCUT2D eigenvalue weighted by atomic mass is 35.5. The molecule has 1 atom stereocenters. The van der Waals surface area contributed by atoms with Gasteiger partial charge in [-0.1, -0.05) is 29.3 Å². The van der Waals surface area contributed by atoms with Gasteiger partial charge in [-0.3, -0.25) is 4.99 Å². The number of aliphatic imine (C=N–C) groups is 1. The van der Waals surface area contributed by atoms with Crippen LogP contribution in [0.15, 0.2) is 23.2 Å². The third-order valence-corrected chi connectivity index (χ3v) is 5.02. The Morgan fingerprint density at radius 2 is 2.12 bits per heavy atom. The van der Waals surface area contributed by atoms with Crippen molar-refractivity contribution in [1.29, 1.82) is 0 Å². The minimum atomic E-state index is 0.0238. The van der Waals surface area contributed by atoms with Crippen LogP contribution in [0.3, 0.4) is 0 Å². The lowest BCUT2D eigenvalue weighted by atomic mass is 10.0. The van der Waals surface area contributed by atoms with Gasteiger partial charge in [0.2, 0.25) is 0 Å². The molecule has 0 aromatic heterocycles. The number of nitrogens with zero attached hydrogens (tertiary/aromatic N) is 1. The molecule has 1 aromatic rings. The number of halogens is 2. The maximum Gasteiger partial charge on any atom is 0.191 e. The van der Waals surface area contributed by atoms with E-state index in [1.165, 1.54) is 0 Å². The van der Waals surface area contributed by atoms with Crippen LogP contribution in [0.1, 0.15) is 37.8 Å². The van der Waals surface area contributed by atoms with Gasteiger partial charge in [-0.15, -0.1) is 0 Å². The topological polar surface area (TPSA) is 54.9 Å². The SMILES string of the molecule is CN=C(NCCCOCC1CCOCC1)NC(C)c1ccc(Cl)cc1Cl. The van der Waals surface area contributed by atoms with Gasteiger partial charge in [0.1, 0.15) is 0 Å². The zero-order valence-electron chi connectivity index (χ0n) is 15.6. The van der Waals surface area contributed by atoms with Gasteiger partial charge in [-0.2, -0.15) is 0 Å². The van der Waals surface area contributed by atoms with Crippen molar-refractivity contribution in [3.63, 3.8) is 0 Å². The largest absolute Gasteiger partial charge is 0.381 e. The van der Waals surface area contributed by atoms with E-state index in [1.54, 1.807) is 13.1 Å². The first-order valence-corrected chi connectivity index (χ1v) is 9.93. The Bertz CT molecular complexity index is 578. The molecule has 0 saturated carbocycles. The highest BCUT2D eigenvalue weighted by Crippen LogP contribution is 2.25. The van der Waals surface area contributed by atoms with Crippen LogP contribution in [-0.2, 0) is 9.47 Å². The molecular formula is C19H29Cl2N3O2. The van der Waals surface area contributed by atoms with E-state index in [-0.39, 0.29) is 6.04 Å². The van der Waals surface area contributed by atoms with Gasteiger partial charge in [0, 0.05) is 50.1 Å². The Morgan fingerprint density at radius 1 is 1.35 bits per heavy atom. The first-order chi connectivity index (χ1) is 12.6. The van der Waals surface area contributed by atoms with E-state index in [4.69, 9.17) is 32.7 Å². The summed E-state index contributed by atoms with van der Waals surface area (Å²) in [4.78, 5) is 4.26. The van der Waals surface area contributed by atoms with Gasteiger partial charge < -0.3 is 20.1 Å². The van der Waals surface area contributed by atoms with E-state index in [0.717, 1.165) is 63.8 Å². The van der Waals surface area contributed by atoms with Crippen molar-refractivity contribution in [2.45, 2.75) is 32.2 Å². The van der Waals surface area contributed by atoms with Gasteiger partial charge in [0.25, 0.3) is 0 Å². The second-order valence-electron chi connectivity index (χ2n) is 6.52. The van der Waals surface area contributed by atoms with Crippen molar-refractivity contribution in [1.82, 2.24) is 10.6 Å². The fourth-order valence-electron chi connectivity index (χ4n) is 2.87. The molecule has 2 rings (SSSR count). The standard InChI is InChI=1S/C19H29Cl2N3O2/c1-14(17-5-4-16(20)12-18(17)21)24-19(22-2)23-8-3-9-26-13-15-6-10-25-11-7-15/h4-5,12,14-15H,3,6-11,13H2,1-2H3,(H2,22,23,24). The average Bonchev–Trinajstić information content (AvgIpc) is 2.64. The molecule has 0 spiro atoms. The van der Waals surface area contributed by atoms with Crippen LogP contribution in [-0.4, -0.2) is 46.0 Å². The molecule has 2 N–H and O–H groups in total. The lowest BCUT2D eigenvalue weighted by Crippen LogP contribution is -2.39. The van der Waals surface area contributed by atoms with E-state index in [0.29, 0.717) is 16.0 Å². The lowest BCUT2D eigenvalue weighted by Gasteiger charge is -2.22. The molecule has 1 unspecified atom stereocenters. The van der Waals surface area contributed by atoms with Crippen LogP contribution in [0.4, 0.5) is 0 Å². The van der Waals surface area contributed by atoms with E-state index < -0.39 is 0 Å². The molecule has 146 valence electrons. The van der Waals surface area contributed by atoms with E-state index in [1.807, 2.05) is 19.1 Å². The van der Waals surface area contributed by atoms with Crippen molar-refractivity contribution < 1.29 is 9.47 Å². The van der Waals surface area contributed by atoms with Crippen molar-refractivity contribution in [2.24, 2.45) is 10.9 Å². The molecule has 26 heavy (non-hydrogen) atoms. The van der Waals surface area contributed by atoms with Gasteiger partial charge in [-0.25, -0.2) is 0 Å². The molecule has 5 nitrogen and oxygen atoms in total. The molecular weight excluding hydrogens is 373 g/mol. The molecule has 7 heteroatoms. The lowest BCUT2D eigenvalue weighted by molar-refractivity contribution is 0.0203. The molecule has 1 heterocycles. The molecule has 1 aromatic carbocycles. The number of hydrogen-bond acceptors (Lipinski definition) is 3. The van der Waals surface area contributed by atoms with Gasteiger partial charge in [0.05, 0.1) is 6.04 Å². The third-order valence-electron chi connectivity index (χ3n) is 4.46. The monoisotopic (exact) mass is 401 g/mol. The molecule has 0 bridgehead atoms. The molecule has 1 fully saturated rings. The van der Waals surface area contributed by atoms with Crippen LogP contribution >= 0.6 is 23.2 Å². The summed E-state index contributed by atoms with van der Waals surface area (Å²) >= 11 is 12.2. The Labute approximate surface area is 166 Å². The van der Waals surface area contributed by atoms with Gasteiger partial charge >= 0.3 is 0 Å². The summed E-state index contributed by atoms with van der Waals surface area (Å²) in [6.07, 6.45) is 3.15. The fourth-order valence-corrected chi connectivity index (χ4v) is 3.45. The summed E-state index contributed by atoms with van der Waals surface area (Å²) in [6.45, 7) is 6.16. The second-order valence-corrected chi connectivity index (χ2v) is 7.36. The number of hydrogen-bond donors (Lipinski definition) is 2. The highest BCUT2D eigenvalue weighted by molar-refractivity contribution is 6.35. The summed E-state index contributed by atoms with van der Waals surface area (Å²) in [5.74, 6) is 1.39. The number of nitrogens with one attached hydrogen (secondary N) is 2. The van der Waals surface area contributed by atoms with E-state index in [2.05, 4.69) is 15.6 Å². The summed E-state index contributed by atoms with van der Waals surface area (Å²) in [7, 11) is 1.76. The molecule has 0 amide bonds. The summed E-state index contributed by atoms with van der Waals surface area (Å²) < 4.78 is 11.1. The Morgan fingerprint density at radius 3 is 2.81 bits per heavy atom. The van der Waals surface area contributed by atoms with Crippen LogP contribution in [0.25, 0.3) is 0 Å². The predicted molar refractivity (Wildman–Crippen MR) is 108 cm³/mol. The van der Waals surface area contributed by atoms with Crippen molar-refractivity contribution in [2.75, 3.05) is 40.0 Å². The number of benzene rings is 1. The van der Waals surface area contributed by atoms with Crippen LogP contribution < -0.4 is 10.6 Å². The molecule has 0 radical (unpaired) electrons. The summed E-state index contributed by atoms with van der Waals surface area (Å²) in [5, 5.41) is 7.93. The second kappa shape index (κ2) is 11.7. The van der Waals surface area contributed by atoms with Gasteiger partial charge in [-0.05, 0) is 49.8 Å². The minimum Gasteiger partial charge on any atom is -0.381 e. The van der Waals surface area contributed by atoms with Crippen LogP contribution in [0, 0.1) is 5.92 Å². The van der Waals surface area contributed by atoms with E-state index in [9.17, 15) is 0 Å². The zero-order valence-corrected chi connectivity index (χ0v) is 17.1. The summed E-state index contributed by atoms with van der Waals surface area (Å²) in [6, 6.07) is 5.55. The third kappa shape index (κ3) is 7.31. The highest BCUT2D eigenvalue weighted by Gasteiger charge is 2.14. The Balaban J connectivity index is 1.64. The van der Waals surface area contributed by atoms with Crippen LogP contribution in [0.5, 0.6) is 0 Å². The van der Waals surface area contributed by atoms with Crippen LogP contribution in [0.2, 0.25) is 10.0 Å². The first-order valence-electron chi connectivity index (χ1n) is 9.17. The maximum atomic E-state index is 6.27. The zero-order chi connectivity index (χ0) is 18.8. The molecule has 1 saturated heterocycles. The maximum absolute atomic E-state index is 6.27. The first kappa shape index (κ1) is 21.3. The quantitative estimate of drug-likeness (QED) is 0.391. The normalized spacial score (nSPS) is 17.2. The Kier molecular flexibility index (Phi) is 9.54. The van der Waals surface area contributed by atoms with E-state index >= 15 is 0 Å². The predicted octanol–water partition coefficient (Wildman–Crippen LogP) is 4.05. The molecule has 1 aliphatic rings.